The topological polar surface area (TPSA) is 26.3 Å². The Morgan fingerprint density at radius 3 is 3.08 bits per heavy atom. The number of esters is 1. The van der Waals surface area contributed by atoms with E-state index in [1.807, 2.05) is 0 Å². The van der Waals surface area contributed by atoms with Gasteiger partial charge in [0.25, 0.3) is 0 Å². The molecular formula is C8H13FO2S. The lowest BCUT2D eigenvalue weighted by molar-refractivity contribution is -0.142. The predicted octanol–water partition coefficient (Wildman–Crippen LogP) is 1.64. The van der Waals surface area contributed by atoms with Crippen LogP contribution in [0.3, 0.4) is 0 Å². The van der Waals surface area contributed by atoms with Crippen LogP contribution in [-0.4, -0.2) is 30.8 Å². The van der Waals surface area contributed by atoms with Crippen molar-refractivity contribution in [3.05, 3.63) is 0 Å². The molecule has 4 heteroatoms. The molecule has 0 bridgehead atoms. The van der Waals surface area contributed by atoms with E-state index in [1.165, 1.54) is 7.11 Å². The maximum absolute atomic E-state index is 13.1. The monoisotopic (exact) mass is 192 g/mol. The largest absolute Gasteiger partial charge is 0.469 e. The third-order valence-corrected chi connectivity index (χ3v) is 3.23. The van der Waals surface area contributed by atoms with Crippen LogP contribution < -0.4 is 0 Å². The van der Waals surface area contributed by atoms with Crippen molar-refractivity contribution in [3.8, 4) is 0 Å². The van der Waals surface area contributed by atoms with Gasteiger partial charge < -0.3 is 4.74 Å². The molecule has 1 heterocycles. The number of halogens is 1. The summed E-state index contributed by atoms with van der Waals surface area (Å²) in [5.41, 5.74) is 0. The first kappa shape index (κ1) is 9.84. The summed E-state index contributed by atoms with van der Waals surface area (Å²) in [7, 11) is 1.34. The van der Waals surface area contributed by atoms with E-state index in [4.69, 9.17) is 0 Å². The van der Waals surface area contributed by atoms with Gasteiger partial charge in [-0.1, -0.05) is 0 Å². The van der Waals surface area contributed by atoms with Gasteiger partial charge in [0, 0.05) is 5.92 Å². The van der Waals surface area contributed by atoms with Crippen LogP contribution in [0, 0.1) is 5.92 Å². The highest BCUT2D eigenvalue weighted by atomic mass is 32.2. The van der Waals surface area contributed by atoms with Crippen molar-refractivity contribution in [1.82, 2.24) is 0 Å². The molecule has 0 radical (unpaired) electrons. The Balaban J connectivity index is 2.33. The minimum atomic E-state index is -0.814. The van der Waals surface area contributed by atoms with Gasteiger partial charge in [0.2, 0.25) is 0 Å². The number of carbonyl (C=O) groups is 1. The summed E-state index contributed by atoms with van der Waals surface area (Å²) in [5, 5.41) is 0. The second-order valence-electron chi connectivity index (χ2n) is 2.92. The number of thioether (sulfide) groups is 1. The van der Waals surface area contributed by atoms with Crippen LogP contribution in [0.5, 0.6) is 0 Å². The molecule has 0 amide bonds. The zero-order valence-electron chi connectivity index (χ0n) is 7.09. The van der Waals surface area contributed by atoms with Crippen molar-refractivity contribution in [3.63, 3.8) is 0 Å². The Labute approximate surface area is 75.9 Å². The predicted molar refractivity (Wildman–Crippen MR) is 47.0 cm³/mol. The molecule has 2 nitrogen and oxygen atoms in total. The van der Waals surface area contributed by atoms with Crippen molar-refractivity contribution in [2.24, 2.45) is 5.92 Å². The molecule has 2 atom stereocenters. The van der Waals surface area contributed by atoms with E-state index in [2.05, 4.69) is 4.74 Å². The number of methoxy groups -OCH3 is 1. The molecule has 1 fully saturated rings. The minimum Gasteiger partial charge on any atom is -0.469 e. The smallest absolute Gasteiger partial charge is 0.305 e. The third kappa shape index (κ3) is 2.66. The highest BCUT2D eigenvalue weighted by molar-refractivity contribution is 7.99. The van der Waals surface area contributed by atoms with E-state index < -0.39 is 6.17 Å². The normalized spacial score (nSPS) is 29.8. The lowest BCUT2D eigenvalue weighted by Gasteiger charge is -2.24. The maximum atomic E-state index is 13.1. The molecule has 0 aliphatic carbocycles. The summed E-state index contributed by atoms with van der Waals surface area (Å²) in [5.74, 6) is 1.19. The van der Waals surface area contributed by atoms with Gasteiger partial charge in [-0.3, -0.25) is 4.79 Å². The fraction of sp³-hybridized carbons (Fsp3) is 0.875. The second-order valence-corrected chi connectivity index (χ2v) is 4.07. The minimum absolute atomic E-state index is 0.129. The molecule has 12 heavy (non-hydrogen) atoms. The van der Waals surface area contributed by atoms with E-state index >= 15 is 0 Å². The molecule has 0 aromatic heterocycles. The standard InChI is InChI=1S/C8H13FO2S/c1-11-8(10)4-6-5-12-3-2-7(6)9/h6-7H,2-5H2,1H3/t6-,7+/m0/s1. The van der Waals surface area contributed by atoms with Crippen molar-refractivity contribution in [1.29, 1.82) is 0 Å². The van der Waals surface area contributed by atoms with Crippen molar-refractivity contribution >= 4 is 17.7 Å². The van der Waals surface area contributed by atoms with Crippen molar-refractivity contribution < 1.29 is 13.9 Å². The quantitative estimate of drug-likeness (QED) is 0.622. The van der Waals surface area contributed by atoms with E-state index in [1.54, 1.807) is 11.8 Å². The highest BCUT2D eigenvalue weighted by Gasteiger charge is 2.27. The van der Waals surface area contributed by atoms with Gasteiger partial charge in [0.1, 0.15) is 6.17 Å². The Hall–Kier alpha value is -0.250. The lowest BCUT2D eigenvalue weighted by atomic mass is 10.00. The summed E-state index contributed by atoms with van der Waals surface area (Å²) in [4.78, 5) is 10.8. The van der Waals surface area contributed by atoms with Crippen LogP contribution in [0.25, 0.3) is 0 Å². The Bertz CT molecular complexity index is 163. The molecule has 0 saturated carbocycles. The number of ether oxygens (including phenoxy) is 1. The van der Waals surface area contributed by atoms with E-state index in [0.29, 0.717) is 6.42 Å². The first-order chi connectivity index (χ1) is 5.74. The van der Waals surface area contributed by atoms with Crippen LogP contribution in [-0.2, 0) is 9.53 Å². The first-order valence-electron chi connectivity index (χ1n) is 4.02. The van der Waals surface area contributed by atoms with Crippen LogP contribution in [0.1, 0.15) is 12.8 Å². The summed E-state index contributed by atoms with van der Waals surface area (Å²) in [6.07, 6.45) is -0.0119. The second kappa shape index (κ2) is 4.70. The highest BCUT2D eigenvalue weighted by Crippen LogP contribution is 2.28. The molecule has 0 aromatic rings. The average Bonchev–Trinajstić information content (AvgIpc) is 2.09. The fourth-order valence-corrected chi connectivity index (χ4v) is 2.44. The molecule has 1 aliphatic heterocycles. The van der Waals surface area contributed by atoms with Gasteiger partial charge in [0.15, 0.2) is 0 Å². The average molecular weight is 192 g/mol. The Morgan fingerprint density at radius 1 is 1.75 bits per heavy atom. The fourth-order valence-electron chi connectivity index (χ4n) is 1.25. The molecule has 0 spiro atoms. The van der Waals surface area contributed by atoms with Gasteiger partial charge in [-0.25, -0.2) is 4.39 Å². The molecule has 1 saturated heterocycles. The molecule has 0 N–H and O–H groups in total. The van der Waals surface area contributed by atoms with Gasteiger partial charge in [-0.15, -0.1) is 0 Å². The van der Waals surface area contributed by atoms with Crippen LogP contribution >= 0.6 is 11.8 Å². The van der Waals surface area contributed by atoms with Crippen LogP contribution in [0.15, 0.2) is 0 Å². The molecule has 70 valence electrons. The van der Waals surface area contributed by atoms with Crippen molar-refractivity contribution in [2.45, 2.75) is 19.0 Å². The summed E-state index contributed by atoms with van der Waals surface area (Å²) >= 11 is 1.71. The number of rotatable bonds is 2. The zero-order chi connectivity index (χ0) is 8.97. The number of hydrogen-bond acceptors (Lipinski definition) is 3. The summed E-state index contributed by atoms with van der Waals surface area (Å²) in [6.45, 7) is 0. The Kier molecular flexibility index (Phi) is 3.85. The Morgan fingerprint density at radius 2 is 2.50 bits per heavy atom. The van der Waals surface area contributed by atoms with Gasteiger partial charge in [-0.05, 0) is 17.9 Å². The number of hydrogen-bond donors (Lipinski definition) is 0. The van der Waals surface area contributed by atoms with E-state index in [0.717, 1.165) is 11.5 Å². The first-order valence-corrected chi connectivity index (χ1v) is 5.18. The molecule has 0 aromatic carbocycles. The molecule has 1 aliphatic rings. The maximum Gasteiger partial charge on any atom is 0.305 e. The van der Waals surface area contributed by atoms with Gasteiger partial charge in [0.05, 0.1) is 13.5 Å². The van der Waals surface area contributed by atoms with Gasteiger partial charge >= 0.3 is 5.97 Å². The lowest BCUT2D eigenvalue weighted by Crippen LogP contribution is -2.26. The molecule has 0 unspecified atom stereocenters. The summed E-state index contributed by atoms with van der Waals surface area (Å²) < 4.78 is 17.6. The zero-order valence-corrected chi connectivity index (χ0v) is 7.90. The number of carbonyl (C=O) groups excluding carboxylic acids is 1. The third-order valence-electron chi connectivity index (χ3n) is 2.04. The molecular weight excluding hydrogens is 179 g/mol. The van der Waals surface area contributed by atoms with Gasteiger partial charge in [-0.2, -0.15) is 11.8 Å². The number of alkyl halides is 1. The SMILES string of the molecule is COC(=O)C[C@H]1CSCC[C@H]1F. The van der Waals surface area contributed by atoms with Crippen LogP contribution in [0.4, 0.5) is 4.39 Å². The van der Waals surface area contributed by atoms with E-state index in [9.17, 15) is 9.18 Å². The van der Waals surface area contributed by atoms with Crippen LogP contribution in [0.2, 0.25) is 0 Å². The van der Waals surface area contributed by atoms with Crippen molar-refractivity contribution in [2.75, 3.05) is 18.6 Å². The summed E-state index contributed by atoms with van der Waals surface area (Å²) in [6, 6.07) is 0. The molecule has 1 rings (SSSR count). The van der Waals surface area contributed by atoms with E-state index in [-0.39, 0.29) is 18.3 Å².